The van der Waals surface area contributed by atoms with Crippen LogP contribution in [0.25, 0.3) is 0 Å². The Morgan fingerprint density at radius 2 is 0.794 bits per heavy atom. The zero-order chi connectivity index (χ0) is 25.3. The van der Waals surface area contributed by atoms with Gasteiger partial charge in [0, 0.05) is 65.2 Å². The molecule has 0 aromatic heterocycles. The third kappa shape index (κ3) is 9.13. The molecule has 190 valence electrons. The van der Waals surface area contributed by atoms with E-state index < -0.39 is 35.6 Å². The number of imide groups is 3. The molecule has 0 aromatic carbocycles. The molecule has 0 aromatic rings. The quantitative estimate of drug-likeness (QED) is 0.299. The summed E-state index contributed by atoms with van der Waals surface area (Å²) in [6.07, 6.45) is -0.0353. The molecule has 2 fully saturated rings. The second-order valence-electron chi connectivity index (χ2n) is 8.30. The molecule has 2 saturated heterocycles. The van der Waals surface area contributed by atoms with Gasteiger partial charge in [0.2, 0.25) is 17.7 Å². The topological polar surface area (TPSA) is 179 Å². The Morgan fingerprint density at radius 3 is 1.06 bits per heavy atom. The van der Waals surface area contributed by atoms with E-state index in [2.05, 4.69) is 0 Å². The SMILES string of the molecule is O=C(O)CN1CCN(CC(=O)O)CCN(CC(=O)N2C(=O)CCC2=O)CCN(CC(=O)O)CC1. The Balaban J connectivity index is 2.16. The first-order valence-corrected chi connectivity index (χ1v) is 11.0. The number of amides is 3. The Labute approximate surface area is 196 Å². The van der Waals surface area contributed by atoms with Crippen LogP contribution in [0, 0.1) is 0 Å². The summed E-state index contributed by atoms with van der Waals surface area (Å²) in [5, 5.41) is 27.6. The number of carbonyl (C=O) groups is 6. The first-order valence-electron chi connectivity index (χ1n) is 11.0. The largest absolute Gasteiger partial charge is 0.480 e. The van der Waals surface area contributed by atoms with Crippen molar-refractivity contribution in [2.75, 3.05) is 78.5 Å². The van der Waals surface area contributed by atoms with Gasteiger partial charge in [-0.15, -0.1) is 0 Å². The number of nitrogens with zero attached hydrogens (tertiary/aromatic N) is 5. The maximum absolute atomic E-state index is 12.6. The van der Waals surface area contributed by atoms with Crippen molar-refractivity contribution in [2.45, 2.75) is 12.8 Å². The van der Waals surface area contributed by atoms with Crippen molar-refractivity contribution < 1.29 is 44.1 Å². The van der Waals surface area contributed by atoms with Crippen LogP contribution >= 0.6 is 0 Å². The monoisotopic (exact) mass is 485 g/mol. The van der Waals surface area contributed by atoms with Crippen molar-refractivity contribution in [3.8, 4) is 0 Å². The number of hydrogen-bond acceptors (Lipinski definition) is 10. The van der Waals surface area contributed by atoms with Crippen LogP contribution in [-0.2, 0) is 28.8 Å². The number of carbonyl (C=O) groups excluding carboxylic acids is 3. The van der Waals surface area contributed by atoms with Gasteiger partial charge in [-0.25, -0.2) is 4.90 Å². The van der Waals surface area contributed by atoms with E-state index in [0.717, 1.165) is 0 Å². The zero-order valence-corrected chi connectivity index (χ0v) is 18.9. The van der Waals surface area contributed by atoms with Gasteiger partial charge in [0.05, 0.1) is 26.2 Å². The summed E-state index contributed by atoms with van der Waals surface area (Å²) in [5.74, 6) is -4.93. The van der Waals surface area contributed by atoms with Gasteiger partial charge in [-0.1, -0.05) is 0 Å². The molecule has 0 atom stereocenters. The Hall–Kier alpha value is -2.94. The minimum absolute atomic E-state index is 0.0177. The van der Waals surface area contributed by atoms with Gasteiger partial charge in [-0.05, 0) is 0 Å². The van der Waals surface area contributed by atoms with E-state index in [0.29, 0.717) is 4.90 Å². The standard InChI is InChI=1S/C20H31N5O9/c26-15-1-2-16(27)25(15)17(28)11-21-3-5-22(12-18(29)30)7-9-24(14-20(33)34)10-8-23(6-4-21)13-19(31)32/h1-14H2,(H,29,30)(H,31,32)(H,33,34). The lowest BCUT2D eigenvalue weighted by atomic mass is 10.3. The second-order valence-corrected chi connectivity index (χ2v) is 8.30. The number of hydrogen-bond donors (Lipinski definition) is 3. The highest BCUT2D eigenvalue weighted by atomic mass is 16.4. The summed E-state index contributed by atoms with van der Waals surface area (Å²) in [6, 6.07) is 0. The average Bonchev–Trinajstić information content (AvgIpc) is 3.06. The van der Waals surface area contributed by atoms with E-state index in [1.807, 2.05) is 0 Å². The molecular weight excluding hydrogens is 454 g/mol. The number of aliphatic carboxylic acids is 3. The smallest absolute Gasteiger partial charge is 0.317 e. The number of likely N-dealkylation sites (tertiary alicyclic amines) is 1. The summed E-state index contributed by atoms with van der Waals surface area (Å²) in [5.41, 5.74) is 0. The molecule has 0 aliphatic carbocycles. The molecule has 0 saturated carbocycles. The third-order valence-corrected chi connectivity index (χ3v) is 5.67. The Kier molecular flexibility index (Phi) is 10.5. The third-order valence-electron chi connectivity index (χ3n) is 5.67. The molecule has 3 amide bonds. The van der Waals surface area contributed by atoms with Crippen molar-refractivity contribution in [1.29, 1.82) is 0 Å². The van der Waals surface area contributed by atoms with Crippen LogP contribution in [0.1, 0.15) is 12.8 Å². The lowest BCUT2D eigenvalue weighted by Crippen LogP contribution is -2.50. The molecule has 2 aliphatic rings. The van der Waals surface area contributed by atoms with E-state index in [1.165, 1.54) is 0 Å². The molecule has 3 N–H and O–H groups in total. The summed E-state index contributed by atoms with van der Waals surface area (Å²) < 4.78 is 0. The fraction of sp³-hybridized carbons (Fsp3) is 0.700. The highest BCUT2D eigenvalue weighted by molar-refractivity contribution is 6.15. The minimum atomic E-state index is -1.06. The first-order chi connectivity index (χ1) is 16.0. The van der Waals surface area contributed by atoms with E-state index in [1.54, 1.807) is 19.6 Å². The summed E-state index contributed by atoms with van der Waals surface area (Å²) >= 11 is 0. The molecule has 2 aliphatic heterocycles. The average molecular weight is 485 g/mol. The molecule has 14 nitrogen and oxygen atoms in total. The van der Waals surface area contributed by atoms with Gasteiger partial charge in [-0.3, -0.25) is 48.4 Å². The summed E-state index contributed by atoms with van der Waals surface area (Å²) in [4.78, 5) is 77.4. The van der Waals surface area contributed by atoms with Crippen molar-refractivity contribution in [2.24, 2.45) is 0 Å². The van der Waals surface area contributed by atoms with Crippen molar-refractivity contribution in [3.05, 3.63) is 0 Å². The van der Waals surface area contributed by atoms with Gasteiger partial charge >= 0.3 is 17.9 Å². The molecule has 0 unspecified atom stereocenters. The summed E-state index contributed by atoms with van der Waals surface area (Å²) in [7, 11) is 0. The van der Waals surface area contributed by atoms with Crippen LogP contribution in [0.5, 0.6) is 0 Å². The Bertz CT molecular complexity index is 757. The fourth-order valence-corrected chi connectivity index (χ4v) is 3.90. The maximum atomic E-state index is 12.6. The van der Waals surface area contributed by atoms with Gasteiger partial charge in [-0.2, -0.15) is 0 Å². The van der Waals surface area contributed by atoms with E-state index in [9.17, 15) is 44.1 Å². The van der Waals surface area contributed by atoms with Crippen LogP contribution in [-0.4, -0.2) is 154 Å². The number of carboxylic acids is 3. The van der Waals surface area contributed by atoms with Crippen LogP contribution in [0.3, 0.4) is 0 Å². The van der Waals surface area contributed by atoms with Gasteiger partial charge in [0.25, 0.3) is 0 Å². The highest BCUT2D eigenvalue weighted by Gasteiger charge is 2.35. The van der Waals surface area contributed by atoms with Gasteiger partial charge < -0.3 is 15.3 Å². The molecule has 0 bridgehead atoms. The molecule has 14 heteroatoms. The molecular formula is C20H31N5O9. The van der Waals surface area contributed by atoms with E-state index >= 15 is 0 Å². The molecule has 34 heavy (non-hydrogen) atoms. The number of rotatable bonds is 8. The van der Waals surface area contributed by atoms with Crippen molar-refractivity contribution in [3.63, 3.8) is 0 Å². The molecule has 2 rings (SSSR count). The predicted molar refractivity (Wildman–Crippen MR) is 115 cm³/mol. The first kappa shape index (κ1) is 27.3. The van der Waals surface area contributed by atoms with Crippen molar-refractivity contribution >= 4 is 35.6 Å². The maximum Gasteiger partial charge on any atom is 0.317 e. The van der Waals surface area contributed by atoms with Crippen LogP contribution < -0.4 is 0 Å². The fourth-order valence-electron chi connectivity index (χ4n) is 3.90. The van der Waals surface area contributed by atoms with Crippen LogP contribution in [0.15, 0.2) is 0 Å². The summed E-state index contributed by atoms with van der Waals surface area (Å²) in [6.45, 7) is 0.893. The van der Waals surface area contributed by atoms with E-state index in [4.69, 9.17) is 0 Å². The molecule has 0 radical (unpaired) electrons. The van der Waals surface area contributed by atoms with Gasteiger partial charge in [0.1, 0.15) is 0 Å². The molecule has 2 heterocycles. The highest BCUT2D eigenvalue weighted by Crippen LogP contribution is 2.12. The van der Waals surface area contributed by atoms with Crippen LogP contribution in [0.4, 0.5) is 0 Å². The van der Waals surface area contributed by atoms with Crippen LogP contribution in [0.2, 0.25) is 0 Å². The second kappa shape index (κ2) is 13.1. The lowest BCUT2D eigenvalue weighted by molar-refractivity contribution is -0.150. The molecule has 0 spiro atoms. The Morgan fingerprint density at radius 1 is 0.529 bits per heavy atom. The number of carboxylic acid groups (broad SMARTS) is 3. The minimum Gasteiger partial charge on any atom is -0.480 e. The lowest BCUT2D eigenvalue weighted by Gasteiger charge is -2.33. The normalized spacial score (nSPS) is 20.6. The zero-order valence-electron chi connectivity index (χ0n) is 18.9. The van der Waals surface area contributed by atoms with Crippen molar-refractivity contribution in [1.82, 2.24) is 24.5 Å². The predicted octanol–water partition coefficient (Wildman–Crippen LogP) is -2.86. The van der Waals surface area contributed by atoms with E-state index in [-0.39, 0.29) is 91.4 Å². The van der Waals surface area contributed by atoms with Gasteiger partial charge in [0.15, 0.2) is 0 Å².